The first-order valence-electron chi connectivity index (χ1n) is 5.77. The molecule has 0 aliphatic heterocycles. The minimum absolute atomic E-state index is 0.265. The molecule has 0 atom stereocenters. The fourth-order valence-electron chi connectivity index (χ4n) is 1.95. The molecule has 0 fully saturated rings. The fraction of sp³-hybridized carbons (Fsp3) is 0.538. The summed E-state index contributed by atoms with van der Waals surface area (Å²) in [5, 5.41) is 0.800. The molecule has 1 aromatic carbocycles. The minimum atomic E-state index is 0.265. The van der Waals surface area contributed by atoms with Crippen LogP contribution in [0, 0.1) is 19.8 Å². The van der Waals surface area contributed by atoms with Crippen molar-refractivity contribution >= 4 is 11.6 Å². The van der Waals surface area contributed by atoms with E-state index in [2.05, 4.69) is 0 Å². The van der Waals surface area contributed by atoms with Crippen LogP contribution in [0.25, 0.3) is 0 Å². The van der Waals surface area contributed by atoms with Gasteiger partial charge in [0.1, 0.15) is 5.75 Å². The van der Waals surface area contributed by atoms with E-state index in [9.17, 15) is 0 Å². The molecular weight excluding hydrogens is 236 g/mol. The van der Waals surface area contributed by atoms with E-state index in [-0.39, 0.29) is 5.92 Å². The molecule has 0 aliphatic carbocycles. The quantitative estimate of drug-likeness (QED) is 0.848. The number of halogens is 1. The number of hydrogen-bond acceptors (Lipinski definition) is 3. The van der Waals surface area contributed by atoms with Crippen molar-refractivity contribution in [1.82, 2.24) is 0 Å². The van der Waals surface area contributed by atoms with Gasteiger partial charge in [-0.2, -0.15) is 0 Å². The summed E-state index contributed by atoms with van der Waals surface area (Å²) in [6, 6.07) is 1.97. The first-order chi connectivity index (χ1) is 8.04. The van der Waals surface area contributed by atoms with Crippen LogP contribution in [-0.2, 0) is 6.42 Å². The Balaban J connectivity index is 3.16. The lowest BCUT2D eigenvalue weighted by atomic mass is 9.94. The molecule has 96 valence electrons. The number of benzene rings is 1. The Bertz CT molecular complexity index is 389. The zero-order valence-electron chi connectivity index (χ0n) is 10.7. The van der Waals surface area contributed by atoms with Crippen LogP contribution in [-0.4, -0.2) is 20.2 Å². The zero-order chi connectivity index (χ0) is 13.0. The maximum Gasteiger partial charge on any atom is 0.122 e. The second-order valence-corrected chi connectivity index (χ2v) is 4.73. The number of nitrogens with two attached hydrogens (primary N) is 2. The highest BCUT2D eigenvalue weighted by Crippen LogP contribution is 2.32. The lowest BCUT2D eigenvalue weighted by Crippen LogP contribution is -2.25. The molecule has 3 nitrogen and oxygen atoms in total. The van der Waals surface area contributed by atoms with Gasteiger partial charge in [-0.3, -0.25) is 0 Å². The van der Waals surface area contributed by atoms with E-state index in [4.69, 9.17) is 27.8 Å². The predicted octanol–water partition coefficient (Wildman–Crippen LogP) is 2.04. The van der Waals surface area contributed by atoms with E-state index in [1.807, 2.05) is 19.9 Å². The molecule has 17 heavy (non-hydrogen) atoms. The van der Waals surface area contributed by atoms with Crippen LogP contribution in [0.15, 0.2) is 6.07 Å². The predicted molar refractivity (Wildman–Crippen MR) is 72.8 cm³/mol. The molecule has 0 unspecified atom stereocenters. The second kappa shape index (κ2) is 6.24. The fourth-order valence-corrected chi connectivity index (χ4v) is 2.12. The summed E-state index contributed by atoms with van der Waals surface area (Å²) in [4.78, 5) is 0. The van der Waals surface area contributed by atoms with E-state index in [1.165, 1.54) is 0 Å². The normalized spacial score (nSPS) is 11.0. The number of aryl methyl sites for hydroxylation is 1. The Labute approximate surface area is 108 Å². The van der Waals surface area contributed by atoms with E-state index < -0.39 is 0 Å². The SMILES string of the molecule is COc1cc(C)c(Cl)c(C)c1CC(CN)CN. The minimum Gasteiger partial charge on any atom is -0.496 e. The van der Waals surface area contributed by atoms with Crippen molar-refractivity contribution in [2.24, 2.45) is 17.4 Å². The third-order valence-electron chi connectivity index (χ3n) is 3.15. The van der Waals surface area contributed by atoms with Gasteiger partial charge < -0.3 is 16.2 Å². The van der Waals surface area contributed by atoms with Gasteiger partial charge in [0.15, 0.2) is 0 Å². The molecule has 0 aromatic heterocycles. The van der Waals surface area contributed by atoms with Gasteiger partial charge >= 0.3 is 0 Å². The lowest BCUT2D eigenvalue weighted by molar-refractivity contribution is 0.403. The van der Waals surface area contributed by atoms with Crippen molar-refractivity contribution in [1.29, 1.82) is 0 Å². The highest BCUT2D eigenvalue weighted by Gasteiger charge is 2.16. The summed E-state index contributed by atoms with van der Waals surface area (Å²) in [6.45, 7) is 5.14. The van der Waals surface area contributed by atoms with Crippen molar-refractivity contribution < 1.29 is 4.74 Å². The van der Waals surface area contributed by atoms with Crippen LogP contribution in [0.2, 0.25) is 5.02 Å². The molecule has 1 rings (SSSR count). The average molecular weight is 257 g/mol. The molecule has 0 spiro atoms. The van der Waals surface area contributed by atoms with Gasteiger partial charge in [-0.15, -0.1) is 0 Å². The number of rotatable bonds is 5. The number of ether oxygens (including phenoxy) is 1. The standard InChI is InChI=1S/C13H21ClN2O/c1-8-4-12(17-3)11(9(2)13(8)14)5-10(6-15)7-16/h4,10H,5-7,15-16H2,1-3H3. The molecule has 0 saturated carbocycles. The van der Waals surface area contributed by atoms with Gasteiger partial charge in [-0.25, -0.2) is 0 Å². The Kier molecular flexibility index (Phi) is 5.25. The van der Waals surface area contributed by atoms with Crippen molar-refractivity contribution in [3.63, 3.8) is 0 Å². The highest BCUT2D eigenvalue weighted by atomic mass is 35.5. The maximum absolute atomic E-state index is 6.26. The van der Waals surface area contributed by atoms with Crippen molar-refractivity contribution in [2.45, 2.75) is 20.3 Å². The Hall–Kier alpha value is -0.770. The second-order valence-electron chi connectivity index (χ2n) is 4.35. The van der Waals surface area contributed by atoms with Crippen LogP contribution < -0.4 is 16.2 Å². The van der Waals surface area contributed by atoms with E-state index >= 15 is 0 Å². The largest absolute Gasteiger partial charge is 0.496 e. The van der Waals surface area contributed by atoms with Crippen LogP contribution in [0.1, 0.15) is 16.7 Å². The molecule has 4 heteroatoms. The summed E-state index contributed by atoms with van der Waals surface area (Å²) < 4.78 is 5.41. The molecular formula is C13H21ClN2O. The van der Waals surface area contributed by atoms with Crippen molar-refractivity contribution in [3.05, 3.63) is 27.8 Å². The molecule has 0 amide bonds. The topological polar surface area (TPSA) is 61.3 Å². The Morgan fingerprint density at radius 1 is 1.29 bits per heavy atom. The third-order valence-corrected chi connectivity index (χ3v) is 3.73. The summed E-state index contributed by atoms with van der Waals surface area (Å²) in [5.74, 6) is 1.14. The van der Waals surface area contributed by atoms with E-state index in [0.29, 0.717) is 13.1 Å². The van der Waals surface area contributed by atoms with Crippen molar-refractivity contribution in [3.8, 4) is 5.75 Å². The Morgan fingerprint density at radius 3 is 2.35 bits per heavy atom. The van der Waals surface area contributed by atoms with Crippen LogP contribution >= 0.6 is 11.6 Å². The molecule has 0 aliphatic rings. The van der Waals surface area contributed by atoms with Crippen LogP contribution in [0.4, 0.5) is 0 Å². The van der Waals surface area contributed by atoms with E-state index in [1.54, 1.807) is 7.11 Å². The van der Waals surface area contributed by atoms with Gasteiger partial charge in [-0.1, -0.05) is 11.6 Å². The smallest absolute Gasteiger partial charge is 0.122 e. The molecule has 0 radical (unpaired) electrons. The molecule has 1 aromatic rings. The monoisotopic (exact) mass is 256 g/mol. The van der Waals surface area contributed by atoms with Gasteiger partial charge in [0, 0.05) is 5.02 Å². The zero-order valence-corrected chi connectivity index (χ0v) is 11.5. The Morgan fingerprint density at radius 2 is 1.88 bits per heavy atom. The molecule has 0 heterocycles. The van der Waals surface area contributed by atoms with Gasteiger partial charge in [0.05, 0.1) is 7.11 Å². The molecule has 0 saturated heterocycles. The first kappa shape index (κ1) is 14.3. The summed E-state index contributed by atoms with van der Waals surface area (Å²) >= 11 is 6.26. The van der Waals surface area contributed by atoms with Crippen molar-refractivity contribution in [2.75, 3.05) is 20.2 Å². The summed E-state index contributed by atoms with van der Waals surface area (Å²) in [5.41, 5.74) is 14.6. The van der Waals surface area contributed by atoms with E-state index in [0.717, 1.165) is 33.9 Å². The summed E-state index contributed by atoms with van der Waals surface area (Å²) in [7, 11) is 1.67. The van der Waals surface area contributed by atoms with Gasteiger partial charge in [0.2, 0.25) is 0 Å². The lowest BCUT2D eigenvalue weighted by Gasteiger charge is -2.19. The summed E-state index contributed by atoms with van der Waals surface area (Å²) in [6.07, 6.45) is 0.808. The highest BCUT2D eigenvalue weighted by molar-refractivity contribution is 6.32. The average Bonchev–Trinajstić information content (AvgIpc) is 2.34. The molecule has 0 bridgehead atoms. The molecule has 4 N–H and O–H groups in total. The first-order valence-corrected chi connectivity index (χ1v) is 6.15. The third kappa shape index (κ3) is 3.12. The number of methoxy groups -OCH3 is 1. The maximum atomic E-state index is 6.26. The number of hydrogen-bond donors (Lipinski definition) is 2. The van der Waals surface area contributed by atoms with Gasteiger partial charge in [0.25, 0.3) is 0 Å². The van der Waals surface area contributed by atoms with Gasteiger partial charge in [-0.05, 0) is 62.0 Å². The van der Waals surface area contributed by atoms with Crippen LogP contribution in [0.5, 0.6) is 5.75 Å². The van der Waals surface area contributed by atoms with Crippen LogP contribution in [0.3, 0.4) is 0 Å².